The van der Waals surface area contributed by atoms with E-state index in [9.17, 15) is 0 Å². The Bertz CT molecular complexity index is 3880. The molecule has 0 radical (unpaired) electrons. The van der Waals surface area contributed by atoms with E-state index in [0.717, 1.165) is 35.5 Å². The lowest BCUT2D eigenvalue weighted by Gasteiger charge is -2.57. The number of hydrogen-bond donors (Lipinski definition) is 0. The molecule has 4 heterocycles. The zero-order valence-corrected chi connectivity index (χ0v) is 41.7. The first-order valence-electron chi connectivity index (χ1n) is 27.8. The van der Waals surface area contributed by atoms with Gasteiger partial charge < -0.3 is 9.38 Å². The van der Waals surface area contributed by atoms with E-state index in [4.69, 9.17) is 0 Å². The summed E-state index contributed by atoms with van der Waals surface area (Å²) >= 11 is 1.95. The van der Waals surface area contributed by atoms with Crippen molar-refractivity contribution in [1.82, 2.24) is 4.57 Å². The lowest BCUT2D eigenvalue weighted by atomic mass is 9.42. The molecule has 8 aliphatic carbocycles. The fourth-order valence-corrected chi connectivity index (χ4v) is 20.0. The summed E-state index contributed by atoms with van der Waals surface area (Å²) in [5.41, 5.74) is 21.4. The van der Waals surface area contributed by atoms with Crippen LogP contribution in [0.3, 0.4) is 0 Å². The fraction of sp³-hybridized carbons (Fsp3) is 0.294. The largest absolute Gasteiger partial charge is 0.376 e. The molecule has 72 heavy (non-hydrogen) atoms. The Morgan fingerprint density at radius 3 is 1.69 bits per heavy atom. The first kappa shape index (κ1) is 40.2. The Balaban J connectivity index is 0.972. The van der Waals surface area contributed by atoms with Crippen molar-refractivity contribution in [1.29, 1.82) is 0 Å². The van der Waals surface area contributed by atoms with Gasteiger partial charge in [0.15, 0.2) is 0 Å². The molecule has 0 amide bonds. The molecule has 8 fully saturated rings. The molecule has 0 N–H and O–H groups in total. The summed E-state index contributed by atoms with van der Waals surface area (Å²) in [7, 11) is 0. The van der Waals surface area contributed by atoms with Gasteiger partial charge in [-0.2, -0.15) is 0 Å². The van der Waals surface area contributed by atoms with Crippen molar-refractivity contribution >= 4 is 82.5 Å². The number of fused-ring (bicyclic) bond motifs is 11. The van der Waals surface area contributed by atoms with Crippen molar-refractivity contribution in [3.05, 3.63) is 175 Å². The maximum absolute atomic E-state index is 2.82. The van der Waals surface area contributed by atoms with Gasteiger partial charge in [0.05, 0.1) is 11.0 Å². The van der Waals surface area contributed by atoms with E-state index in [2.05, 4.69) is 173 Å². The van der Waals surface area contributed by atoms with Crippen LogP contribution in [0.1, 0.15) is 88.2 Å². The molecule has 8 bridgehead atoms. The van der Waals surface area contributed by atoms with Crippen molar-refractivity contribution in [3.63, 3.8) is 0 Å². The van der Waals surface area contributed by atoms with Crippen LogP contribution in [-0.2, 0) is 10.8 Å². The summed E-state index contributed by atoms with van der Waals surface area (Å²) in [5, 5.41) is 5.74. The van der Waals surface area contributed by atoms with E-state index in [1.165, 1.54) is 180 Å². The van der Waals surface area contributed by atoms with Crippen LogP contribution in [0.4, 0.5) is 11.4 Å². The summed E-state index contributed by atoms with van der Waals surface area (Å²) in [6.07, 6.45) is 17.1. The second kappa shape index (κ2) is 14.2. The van der Waals surface area contributed by atoms with Gasteiger partial charge >= 0.3 is 6.85 Å². The fourth-order valence-electron chi connectivity index (χ4n) is 18.9. The molecule has 4 heteroatoms. The van der Waals surface area contributed by atoms with E-state index in [1.54, 1.807) is 11.1 Å². The Kier molecular flexibility index (Phi) is 7.94. The van der Waals surface area contributed by atoms with Crippen molar-refractivity contribution < 1.29 is 0 Å². The maximum atomic E-state index is 2.82. The summed E-state index contributed by atoms with van der Waals surface area (Å²) in [6.45, 7) is -0.0203. The molecule has 8 saturated carbocycles. The van der Waals surface area contributed by atoms with Gasteiger partial charge in [0.25, 0.3) is 0 Å². The predicted molar refractivity (Wildman–Crippen MR) is 303 cm³/mol. The number of nitrogens with zero attached hydrogens (tertiary/aromatic N) is 2. The Morgan fingerprint density at radius 2 is 1.03 bits per heavy atom. The molecule has 10 aromatic rings. The van der Waals surface area contributed by atoms with Crippen LogP contribution in [-0.4, -0.2) is 11.4 Å². The van der Waals surface area contributed by atoms with Crippen molar-refractivity contribution in [2.75, 3.05) is 4.81 Å². The van der Waals surface area contributed by atoms with Crippen molar-refractivity contribution in [3.8, 4) is 39.1 Å². The highest BCUT2D eigenvalue weighted by Crippen LogP contribution is 2.63. The highest BCUT2D eigenvalue weighted by molar-refractivity contribution is 7.26. The topological polar surface area (TPSA) is 8.17 Å². The normalized spacial score (nSPS) is 27.9. The third kappa shape index (κ3) is 5.42. The monoisotopic (exact) mass is 944 g/mol. The van der Waals surface area contributed by atoms with Crippen LogP contribution in [0.25, 0.3) is 81.0 Å². The minimum Gasteiger partial charge on any atom is -0.376 e. The van der Waals surface area contributed by atoms with Crippen LogP contribution < -0.4 is 15.7 Å². The standard InChI is InChI=1S/C68H57BN2S/c1-3-9-46(10-4-1)48-15-18-52(19-16-48)71-59-21-22-62-64(53-13-7-8-14-61(53)72-62)63(59)56-29-49(47-11-5-2-6-12-47)30-60-65(56)69(71)57-33-51(68-37-43-26-44(38-68)28-45(27-43)39-68)32-55-54-31-50(17-20-58(54)70(60)66(55)57)67-34-40-23-41(35-67)25-42(24-40)36-67/h1-22,29-33,40-45H,23-28,34-39H2. The molecule has 0 spiro atoms. The summed E-state index contributed by atoms with van der Waals surface area (Å²) in [6, 6.07) is 64.8. The highest BCUT2D eigenvalue weighted by atomic mass is 32.1. The third-order valence-corrected chi connectivity index (χ3v) is 22.0. The van der Waals surface area contributed by atoms with Crippen LogP contribution in [0.5, 0.6) is 0 Å². The molecule has 0 saturated heterocycles. The lowest BCUT2D eigenvalue weighted by molar-refractivity contribution is -0.00526. The van der Waals surface area contributed by atoms with Crippen molar-refractivity contribution in [2.45, 2.75) is 87.9 Å². The number of anilines is 2. The zero-order valence-electron chi connectivity index (χ0n) is 40.9. The number of hydrogen-bond acceptors (Lipinski definition) is 2. The van der Waals surface area contributed by atoms with Gasteiger partial charge in [-0.1, -0.05) is 103 Å². The molecule has 2 aromatic heterocycles. The number of benzene rings is 8. The first-order chi connectivity index (χ1) is 35.5. The van der Waals surface area contributed by atoms with Gasteiger partial charge in [0.1, 0.15) is 0 Å². The Hall–Kier alpha value is -6.36. The summed E-state index contributed by atoms with van der Waals surface area (Å²) in [5.74, 6) is 5.36. The zero-order chi connectivity index (χ0) is 46.6. The van der Waals surface area contributed by atoms with Crippen LogP contribution in [0, 0.1) is 35.5 Å². The molecule has 348 valence electrons. The minimum absolute atomic E-state index is 0.0203. The Morgan fingerprint density at radius 1 is 0.444 bits per heavy atom. The molecule has 2 aliphatic heterocycles. The molecule has 0 unspecified atom stereocenters. The van der Waals surface area contributed by atoms with Crippen molar-refractivity contribution in [2.24, 2.45) is 35.5 Å². The highest BCUT2D eigenvalue weighted by Gasteiger charge is 2.54. The average molecular weight is 945 g/mol. The van der Waals surface area contributed by atoms with Gasteiger partial charge in [-0.3, -0.25) is 0 Å². The van der Waals surface area contributed by atoms with Crippen LogP contribution >= 0.6 is 11.3 Å². The van der Waals surface area contributed by atoms with E-state index in [-0.39, 0.29) is 12.3 Å². The molecule has 0 atom stereocenters. The average Bonchev–Trinajstić information content (AvgIpc) is 3.96. The molecule has 8 aromatic carbocycles. The van der Waals surface area contributed by atoms with E-state index >= 15 is 0 Å². The van der Waals surface area contributed by atoms with Crippen LogP contribution in [0.15, 0.2) is 164 Å². The first-order valence-corrected chi connectivity index (χ1v) is 28.6. The van der Waals surface area contributed by atoms with E-state index < -0.39 is 0 Å². The summed E-state index contributed by atoms with van der Waals surface area (Å²) in [4.78, 5) is 2.81. The molecule has 10 aliphatic rings. The smallest absolute Gasteiger partial charge is 0.333 e. The lowest BCUT2D eigenvalue weighted by Crippen LogP contribution is -2.61. The van der Waals surface area contributed by atoms with Crippen LogP contribution in [0.2, 0.25) is 0 Å². The second-order valence-corrected chi connectivity index (χ2v) is 25.9. The molecular formula is C68H57BN2S. The summed E-state index contributed by atoms with van der Waals surface area (Å²) < 4.78 is 5.51. The predicted octanol–water partition coefficient (Wildman–Crippen LogP) is 16.7. The SMILES string of the molecule is c1ccc(-c2ccc(N3B4c5c(cc(-c6ccccc6)cc5-n5c6ccc(C78CC9CC(CC(C9)C7)C8)cc6c6cc(C78CC9CC(CC(C9)C7)C8)cc4c65)-c4c3ccc3sc5ccccc5c43)cc2)cc1. The van der Waals surface area contributed by atoms with E-state index in [1.807, 2.05) is 11.3 Å². The maximum Gasteiger partial charge on any atom is 0.333 e. The number of rotatable bonds is 5. The van der Waals surface area contributed by atoms with E-state index in [0.29, 0.717) is 5.41 Å². The quantitative estimate of drug-likeness (QED) is 0.156. The number of aromatic nitrogens is 1. The molecular weight excluding hydrogens is 888 g/mol. The van der Waals surface area contributed by atoms with Gasteiger partial charge in [-0.25, -0.2) is 0 Å². The third-order valence-electron chi connectivity index (χ3n) is 20.8. The molecule has 20 rings (SSSR count). The minimum atomic E-state index is -0.0203. The second-order valence-electron chi connectivity index (χ2n) is 24.9. The van der Waals surface area contributed by atoms with Gasteiger partial charge in [-0.15, -0.1) is 11.3 Å². The Labute approximate surface area is 426 Å². The number of thiophene rings is 1. The molecule has 2 nitrogen and oxygen atoms in total. The van der Waals surface area contributed by atoms with Gasteiger partial charge in [0, 0.05) is 53.6 Å². The van der Waals surface area contributed by atoms with Gasteiger partial charge in [0.2, 0.25) is 0 Å². The van der Waals surface area contributed by atoms with Gasteiger partial charge in [-0.05, 0) is 234 Å².